The van der Waals surface area contributed by atoms with E-state index in [1.165, 1.54) is 51.6 Å². The predicted octanol–water partition coefficient (Wildman–Crippen LogP) is 2.86. The summed E-state index contributed by atoms with van der Waals surface area (Å²) >= 11 is 1.96. The molecule has 5 nitrogen and oxygen atoms in total. The van der Waals surface area contributed by atoms with Crippen LogP contribution in [0, 0.1) is 0 Å². The predicted molar refractivity (Wildman–Crippen MR) is 112 cm³/mol. The molecular weight excluding hydrogens is 344 g/mol. The Labute approximate surface area is 164 Å². The Morgan fingerprint density at radius 3 is 2.46 bits per heavy atom. The zero-order chi connectivity index (χ0) is 18.2. The summed E-state index contributed by atoms with van der Waals surface area (Å²) in [6, 6.07) is 1.43. The minimum atomic E-state index is 0.256. The topological polar surface area (TPSA) is 48.9 Å². The minimum Gasteiger partial charge on any atom is -0.381 e. The fourth-order valence-corrected chi connectivity index (χ4v) is 5.35. The number of nitrogens with zero attached hydrogens (tertiary/aromatic N) is 2. The third kappa shape index (κ3) is 5.52. The molecule has 26 heavy (non-hydrogen) atoms. The number of hydrogen-bond donors (Lipinski definition) is 2. The summed E-state index contributed by atoms with van der Waals surface area (Å²) in [6.07, 6.45) is 12.6. The van der Waals surface area contributed by atoms with Crippen LogP contribution in [0.15, 0.2) is 4.99 Å². The Hall–Kier alpha value is -0.460. The van der Waals surface area contributed by atoms with Gasteiger partial charge in [0.2, 0.25) is 0 Å². The second kappa shape index (κ2) is 10.2. The minimum absolute atomic E-state index is 0.256. The highest BCUT2D eigenvalue weighted by molar-refractivity contribution is 8.00. The SMILES string of the molecule is CCNC(=NCC1(SC)CCOCC1)NC1CCN(C2CCCC2)CC1. The summed E-state index contributed by atoms with van der Waals surface area (Å²) in [4.78, 5) is 7.71. The summed E-state index contributed by atoms with van der Waals surface area (Å²) in [6.45, 7) is 8.19. The normalized spacial score (nSPS) is 26.2. The van der Waals surface area contributed by atoms with Gasteiger partial charge in [-0.2, -0.15) is 11.8 Å². The van der Waals surface area contributed by atoms with Crippen LogP contribution in [0.1, 0.15) is 58.3 Å². The molecule has 0 atom stereocenters. The van der Waals surface area contributed by atoms with Gasteiger partial charge in [0, 0.05) is 49.7 Å². The van der Waals surface area contributed by atoms with Crippen molar-refractivity contribution in [1.82, 2.24) is 15.5 Å². The fraction of sp³-hybridized carbons (Fsp3) is 0.950. The number of nitrogens with one attached hydrogen (secondary N) is 2. The van der Waals surface area contributed by atoms with E-state index in [-0.39, 0.29) is 4.75 Å². The van der Waals surface area contributed by atoms with E-state index in [0.717, 1.165) is 51.1 Å². The summed E-state index contributed by atoms with van der Waals surface area (Å²) in [7, 11) is 0. The molecule has 2 heterocycles. The van der Waals surface area contributed by atoms with Crippen LogP contribution in [0.2, 0.25) is 0 Å². The third-order valence-corrected chi connectivity index (χ3v) is 7.82. The van der Waals surface area contributed by atoms with Crippen LogP contribution in [0.3, 0.4) is 0 Å². The quantitative estimate of drug-likeness (QED) is 0.546. The van der Waals surface area contributed by atoms with Crippen LogP contribution in [0.4, 0.5) is 0 Å². The highest BCUT2D eigenvalue weighted by atomic mass is 32.2. The molecule has 0 aromatic heterocycles. The lowest BCUT2D eigenvalue weighted by molar-refractivity contribution is 0.0794. The zero-order valence-corrected chi connectivity index (χ0v) is 17.6. The van der Waals surface area contributed by atoms with Crippen LogP contribution in [0.5, 0.6) is 0 Å². The summed E-state index contributed by atoms with van der Waals surface area (Å²) < 4.78 is 5.81. The molecule has 150 valence electrons. The first-order valence-corrected chi connectivity index (χ1v) is 11.9. The molecule has 0 radical (unpaired) electrons. The maximum atomic E-state index is 5.56. The van der Waals surface area contributed by atoms with Crippen molar-refractivity contribution in [2.45, 2.75) is 75.1 Å². The smallest absolute Gasteiger partial charge is 0.191 e. The molecule has 2 aliphatic heterocycles. The highest BCUT2D eigenvalue weighted by Gasteiger charge is 2.32. The van der Waals surface area contributed by atoms with E-state index in [9.17, 15) is 0 Å². The van der Waals surface area contributed by atoms with Gasteiger partial charge in [-0.25, -0.2) is 0 Å². The number of thioether (sulfide) groups is 1. The largest absolute Gasteiger partial charge is 0.381 e. The maximum absolute atomic E-state index is 5.56. The van der Waals surface area contributed by atoms with Gasteiger partial charge in [0.25, 0.3) is 0 Å². The lowest BCUT2D eigenvalue weighted by Gasteiger charge is -2.37. The van der Waals surface area contributed by atoms with Crippen molar-refractivity contribution in [3.8, 4) is 0 Å². The second-order valence-corrected chi connectivity index (χ2v) is 9.36. The molecular formula is C20H38N4OS. The molecule has 0 amide bonds. The maximum Gasteiger partial charge on any atom is 0.191 e. The molecule has 0 unspecified atom stereocenters. The summed E-state index contributed by atoms with van der Waals surface area (Å²) in [5, 5.41) is 7.18. The van der Waals surface area contributed by atoms with Gasteiger partial charge in [0.05, 0.1) is 6.54 Å². The van der Waals surface area contributed by atoms with Crippen molar-refractivity contribution in [3.63, 3.8) is 0 Å². The van der Waals surface area contributed by atoms with Crippen LogP contribution >= 0.6 is 11.8 Å². The number of likely N-dealkylation sites (tertiary alicyclic amines) is 1. The van der Waals surface area contributed by atoms with Crippen molar-refractivity contribution in [2.24, 2.45) is 4.99 Å². The van der Waals surface area contributed by atoms with E-state index in [2.05, 4.69) is 28.7 Å². The molecule has 3 rings (SSSR count). The van der Waals surface area contributed by atoms with Gasteiger partial charge < -0.3 is 20.3 Å². The number of piperidine rings is 1. The van der Waals surface area contributed by atoms with Crippen molar-refractivity contribution in [1.29, 1.82) is 0 Å². The number of hydrogen-bond acceptors (Lipinski definition) is 4. The Morgan fingerprint density at radius 1 is 1.15 bits per heavy atom. The van der Waals surface area contributed by atoms with Crippen molar-refractivity contribution < 1.29 is 4.74 Å². The Morgan fingerprint density at radius 2 is 1.85 bits per heavy atom. The highest BCUT2D eigenvalue weighted by Crippen LogP contribution is 2.34. The molecule has 1 saturated carbocycles. The van der Waals surface area contributed by atoms with Crippen LogP contribution in [-0.2, 0) is 4.74 Å². The third-order valence-electron chi connectivity index (χ3n) is 6.42. The number of rotatable bonds is 6. The number of ether oxygens (including phenoxy) is 1. The zero-order valence-electron chi connectivity index (χ0n) is 16.8. The first-order valence-electron chi connectivity index (χ1n) is 10.7. The van der Waals surface area contributed by atoms with Crippen molar-refractivity contribution >= 4 is 17.7 Å². The Bertz CT molecular complexity index is 439. The summed E-state index contributed by atoms with van der Waals surface area (Å²) in [5.74, 6) is 1.01. The molecule has 3 fully saturated rings. The molecule has 2 saturated heterocycles. The molecule has 0 bridgehead atoms. The monoisotopic (exact) mass is 382 g/mol. The van der Waals surface area contributed by atoms with Crippen LogP contribution < -0.4 is 10.6 Å². The van der Waals surface area contributed by atoms with Crippen LogP contribution in [-0.4, -0.2) is 73.3 Å². The molecule has 0 aromatic rings. The molecule has 0 spiro atoms. The van der Waals surface area contributed by atoms with Gasteiger partial charge in [0.1, 0.15) is 0 Å². The number of guanidine groups is 1. The van der Waals surface area contributed by atoms with Gasteiger partial charge in [-0.15, -0.1) is 0 Å². The van der Waals surface area contributed by atoms with E-state index in [4.69, 9.17) is 9.73 Å². The first kappa shape index (κ1) is 20.3. The molecule has 0 aromatic carbocycles. The van der Waals surface area contributed by atoms with Gasteiger partial charge >= 0.3 is 0 Å². The van der Waals surface area contributed by atoms with E-state index < -0.39 is 0 Å². The van der Waals surface area contributed by atoms with Crippen molar-refractivity contribution in [2.75, 3.05) is 45.6 Å². The van der Waals surface area contributed by atoms with Gasteiger partial charge in [-0.05, 0) is 51.7 Å². The molecule has 2 N–H and O–H groups in total. The molecule has 1 aliphatic carbocycles. The van der Waals surface area contributed by atoms with Gasteiger partial charge in [-0.1, -0.05) is 12.8 Å². The second-order valence-electron chi connectivity index (χ2n) is 8.09. The Kier molecular flexibility index (Phi) is 7.94. The summed E-state index contributed by atoms with van der Waals surface area (Å²) in [5.41, 5.74) is 0. The van der Waals surface area contributed by atoms with Crippen molar-refractivity contribution in [3.05, 3.63) is 0 Å². The van der Waals surface area contributed by atoms with E-state index in [1.807, 2.05) is 11.8 Å². The average molecular weight is 383 g/mol. The number of aliphatic imine (C=N–C) groups is 1. The fourth-order valence-electron chi connectivity index (χ4n) is 4.59. The van der Waals surface area contributed by atoms with Crippen LogP contribution in [0.25, 0.3) is 0 Å². The van der Waals surface area contributed by atoms with E-state index in [0.29, 0.717) is 6.04 Å². The lowest BCUT2D eigenvalue weighted by Crippen LogP contribution is -2.50. The average Bonchev–Trinajstić information content (AvgIpc) is 3.22. The first-order chi connectivity index (χ1) is 12.7. The lowest BCUT2D eigenvalue weighted by atomic mass is 9.99. The standard InChI is InChI=1S/C20H38N4OS/c1-3-21-19(22-16-20(26-2)10-14-25-15-11-20)23-17-8-12-24(13-9-17)18-6-4-5-7-18/h17-18H,3-16H2,1-2H3,(H2,21,22,23). The Balaban J connectivity index is 1.50. The van der Waals surface area contributed by atoms with E-state index in [1.54, 1.807) is 0 Å². The molecule has 6 heteroatoms. The van der Waals surface area contributed by atoms with Gasteiger partial charge in [0.15, 0.2) is 5.96 Å². The van der Waals surface area contributed by atoms with Gasteiger partial charge in [-0.3, -0.25) is 4.99 Å². The molecule has 3 aliphatic rings. The van der Waals surface area contributed by atoms with E-state index >= 15 is 0 Å².